The van der Waals surface area contributed by atoms with Crippen LogP contribution in [0.2, 0.25) is 5.02 Å². The predicted octanol–water partition coefficient (Wildman–Crippen LogP) is 6.43. The Bertz CT molecular complexity index is 1250. The SMILES string of the molecule is O=C(NC(Cc1ccccc1)c1ccc2c(c1)OCCCO2)c1sc2ccccc2c1Cl. The lowest BCUT2D eigenvalue weighted by atomic mass is 9.98. The second-order valence-corrected chi connectivity index (χ2v) is 9.14. The van der Waals surface area contributed by atoms with E-state index in [4.69, 9.17) is 21.1 Å². The van der Waals surface area contributed by atoms with Crippen LogP contribution in [0, 0.1) is 0 Å². The number of thiophene rings is 1. The van der Waals surface area contributed by atoms with Gasteiger partial charge in [0, 0.05) is 16.5 Å². The number of benzene rings is 3. The highest BCUT2D eigenvalue weighted by molar-refractivity contribution is 7.21. The molecule has 1 atom stereocenters. The monoisotopic (exact) mass is 463 g/mol. The van der Waals surface area contributed by atoms with Crippen molar-refractivity contribution < 1.29 is 14.3 Å². The first-order valence-corrected chi connectivity index (χ1v) is 11.8. The second kappa shape index (κ2) is 9.23. The van der Waals surface area contributed by atoms with Gasteiger partial charge >= 0.3 is 0 Å². The van der Waals surface area contributed by atoms with Crippen LogP contribution in [0.4, 0.5) is 0 Å². The molecule has 5 rings (SSSR count). The molecule has 0 fully saturated rings. The van der Waals surface area contributed by atoms with E-state index in [1.54, 1.807) is 0 Å². The van der Waals surface area contributed by atoms with Crippen molar-refractivity contribution in [3.8, 4) is 11.5 Å². The van der Waals surface area contributed by atoms with E-state index >= 15 is 0 Å². The summed E-state index contributed by atoms with van der Waals surface area (Å²) in [5.74, 6) is 1.28. The van der Waals surface area contributed by atoms with Crippen LogP contribution in [0.1, 0.15) is 33.3 Å². The van der Waals surface area contributed by atoms with Gasteiger partial charge in [-0.2, -0.15) is 0 Å². The quantitative estimate of drug-likeness (QED) is 0.371. The van der Waals surface area contributed by atoms with Crippen molar-refractivity contribution in [1.29, 1.82) is 0 Å². The van der Waals surface area contributed by atoms with E-state index in [9.17, 15) is 4.79 Å². The summed E-state index contributed by atoms with van der Waals surface area (Å²) in [6.45, 7) is 1.25. The van der Waals surface area contributed by atoms with E-state index in [-0.39, 0.29) is 11.9 Å². The van der Waals surface area contributed by atoms with Gasteiger partial charge in [-0.3, -0.25) is 4.79 Å². The van der Waals surface area contributed by atoms with Gasteiger partial charge in [0.2, 0.25) is 0 Å². The first kappa shape index (κ1) is 20.9. The fraction of sp³-hybridized carbons (Fsp3) is 0.192. The molecule has 4 nitrogen and oxygen atoms in total. The maximum absolute atomic E-state index is 13.3. The minimum Gasteiger partial charge on any atom is -0.490 e. The maximum atomic E-state index is 13.3. The lowest BCUT2D eigenvalue weighted by molar-refractivity contribution is 0.0940. The molecule has 1 aliphatic rings. The minimum atomic E-state index is -0.247. The number of ether oxygens (including phenoxy) is 2. The maximum Gasteiger partial charge on any atom is 0.263 e. The number of rotatable bonds is 5. The van der Waals surface area contributed by atoms with Gasteiger partial charge in [-0.1, -0.05) is 66.2 Å². The molecule has 1 N–H and O–H groups in total. The van der Waals surface area contributed by atoms with Crippen molar-refractivity contribution in [3.63, 3.8) is 0 Å². The Morgan fingerprint density at radius 3 is 2.53 bits per heavy atom. The molecule has 0 bridgehead atoms. The molecule has 3 aromatic carbocycles. The average molecular weight is 464 g/mol. The Balaban J connectivity index is 1.48. The first-order valence-electron chi connectivity index (χ1n) is 10.6. The predicted molar refractivity (Wildman–Crippen MR) is 129 cm³/mol. The molecule has 0 spiro atoms. The molecule has 2 heterocycles. The van der Waals surface area contributed by atoms with Crippen LogP contribution in [0.25, 0.3) is 10.1 Å². The first-order chi connectivity index (χ1) is 15.7. The van der Waals surface area contributed by atoms with Gasteiger partial charge in [-0.25, -0.2) is 0 Å². The normalized spacial score (nSPS) is 14.0. The Morgan fingerprint density at radius 2 is 1.72 bits per heavy atom. The van der Waals surface area contributed by atoms with Crippen LogP contribution in [-0.2, 0) is 6.42 Å². The third-order valence-corrected chi connectivity index (χ3v) is 7.18. The number of fused-ring (bicyclic) bond motifs is 2. The molecular weight excluding hydrogens is 442 g/mol. The number of carbonyl (C=O) groups is 1. The van der Waals surface area contributed by atoms with Gasteiger partial charge in [0.25, 0.3) is 5.91 Å². The fourth-order valence-electron chi connectivity index (χ4n) is 3.88. The van der Waals surface area contributed by atoms with Crippen molar-refractivity contribution in [2.45, 2.75) is 18.9 Å². The summed E-state index contributed by atoms with van der Waals surface area (Å²) >= 11 is 7.98. The Morgan fingerprint density at radius 1 is 0.969 bits per heavy atom. The van der Waals surface area contributed by atoms with E-state index in [1.165, 1.54) is 11.3 Å². The molecule has 1 aromatic heterocycles. The van der Waals surface area contributed by atoms with Gasteiger partial charge in [-0.05, 0) is 35.7 Å². The Labute approximate surface area is 195 Å². The third-order valence-electron chi connectivity index (χ3n) is 5.50. The molecule has 1 amide bonds. The Kier molecular flexibility index (Phi) is 6.02. The van der Waals surface area contributed by atoms with E-state index in [1.807, 2.05) is 60.7 Å². The second-order valence-electron chi connectivity index (χ2n) is 7.71. The molecule has 0 aliphatic carbocycles. The van der Waals surface area contributed by atoms with Gasteiger partial charge in [0.15, 0.2) is 11.5 Å². The zero-order valence-electron chi connectivity index (χ0n) is 17.3. The summed E-state index contributed by atoms with van der Waals surface area (Å²) in [5.41, 5.74) is 2.09. The molecular formula is C26H22ClNO3S. The minimum absolute atomic E-state index is 0.177. The standard InChI is InChI=1S/C26H22ClNO3S/c27-24-19-9-4-5-10-23(19)32-25(24)26(29)28-20(15-17-7-2-1-3-8-17)18-11-12-21-22(16-18)31-14-6-13-30-21/h1-5,7-12,16,20H,6,13-15H2,(H,28,29). The number of nitrogens with one attached hydrogen (secondary N) is 1. The molecule has 0 saturated heterocycles. The number of halogens is 1. The number of amides is 1. The van der Waals surface area contributed by atoms with Crippen LogP contribution < -0.4 is 14.8 Å². The number of carbonyl (C=O) groups excluding carboxylic acids is 1. The van der Waals surface area contributed by atoms with E-state index in [0.29, 0.717) is 35.3 Å². The highest BCUT2D eigenvalue weighted by Gasteiger charge is 2.23. The summed E-state index contributed by atoms with van der Waals surface area (Å²) in [6, 6.07) is 23.6. The van der Waals surface area contributed by atoms with Gasteiger partial charge in [-0.15, -0.1) is 11.3 Å². The highest BCUT2D eigenvalue weighted by atomic mass is 35.5. The summed E-state index contributed by atoms with van der Waals surface area (Å²) < 4.78 is 12.7. The van der Waals surface area contributed by atoms with Gasteiger partial charge < -0.3 is 14.8 Å². The van der Waals surface area contributed by atoms with Crippen LogP contribution in [0.3, 0.4) is 0 Å². The summed E-state index contributed by atoms with van der Waals surface area (Å²) in [6.07, 6.45) is 1.49. The van der Waals surface area contributed by atoms with Crippen LogP contribution in [-0.4, -0.2) is 19.1 Å². The fourth-order valence-corrected chi connectivity index (χ4v) is 5.30. The van der Waals surface area contributed by atoms with Crippen LogP contribution >= 0.6 is 22.9 Å². The van der Waals surface area contributed by atoms with Crippen molar-refractivity contribution in [3.05, 3.63) is 93.8 Å². The van der Waals surface area contributed by atoms with Crippen LogP contribution in [0.15, 0.2) is 72.8 Å². The molecule has 0 saturated carbocycles. The summed E-state index contributed by atoms with van der Waals surface area (Å²) in [5, 5.41) is 4.62. The highest BCUT2D eigenvalue weighted by Crippen LogP contribution is 2.36. The van der Waals surface area contributed by atoms with Crippen molar-refractivity contribution in [2.75, 3.05) is 13.2 Å². The smallest absolute Gasteiger partial charge is 0.263 e. The van der Waals surface area contributed by atoms with Crippen LogP contribution in [0.5, 0.6) is 11.5 Å². The summed E-state index contributed by atoms with van der Waals surface area (Å²) in [4.78, 5) is 13.8. The summed E-state index contributed by atoms with van der Waals surface area (Å²) in [7, 11) is 0. The van der Waals surface area contributed by atoms with E-state index in [2.05, 4.69) is 17.4 Å². The Hall–Kier alpha value is -3.02. The molecule has 1 aliphatic heterocycles. The molecule has 162 valence electrons. The molecule has 0 radical (unpaired) electrons. The van der Waals surface area contributed by atoms with E-state index < -0.39 is 0 Å². The van der Waals surface area contributed by atoms with Crippen molar-refractivity contribution in [2.24, 2.45) is 0 Å². The third kappa shape index (κ3) is 4.31. The van der Waals surface area contributed by atoms with Gasteiger partial charge in [0.1, 0.15) is 4.88 Å². The molecule has 32 heavy (non-hydrogen) atoms. The zero-order chi connectivity index (χ0) is 21.9. The van der Waals surface area contributed by atoms with Crippen molar-refractivity contribution in [1.82, 2.24) is 5.32 Å². The average Bonchev–Trinajstić information content (AvgIpc) is 3.00. The largest absolute Gasteiger partial charge is 0.490 e. The van der Waals surface area contributed by atoms with Crippen molar-refractivity contribution >= 4 is 38.9 Å². The molecule has 1 unspecified atom stereocenters. The number of hydrogen-bond acceptors (Lipinski definition) is 4. The van der Waals surface area contributed by atoms with Gasteiger partial charge in [0.05, 0.1) is 24.3 Å². The molecule has 4 aromatic rings. The molecule has 6 heteroatoms. The topological polar surface area (TPSA) is 47.6 Å². The van der Waals surface area contributed by atoms with E-state index in [0.717, 1.165) is 33.4 Å². The lowest BCUT2D eigenvalue weighted by Crippen LogP contribution is -2.29. The lowest BCUT2D eigenvalue weighted by Gasteiger charge is -2.21. The zero-order valence-corrected chi connectivity index (χ0v) is 18.9. The number of hydrogen-bond donors (Lipinski definition) is 1.